The zero-order valence-electron chi connectivity index (χ0n) is 24.3. The van der Waals surface area contributed by atoms with E-state index in [2.05, 4.69) is 85.5 Å². The smallest absolute Gasteiger partial charge is 0.123 e. The van der Waals surface area contributed by atoms with E-state index >= 15 is 13.2 Å². The summed E-state index contributed by atoms with van der Waals surface area (Å²) >= 11 is 0. The molecule has 0 aromatic heterocycles. The van der Waals surface area contributed by atoms with E-state index in [0.29, 0.717) is 0 Å². The first kappa shape index (κ1) is 25.6. The van der Waals surface area contributed by atoms with Gasteiger partial charge in [0.2, 0.25) is 0 Å². The van der Waals surface area contributed by atoms with E-state index in [0.717, 1.165) is 61.6 Å². The first-order valence-electron chi connectivity index (χ1n) is 15.1. The third-order valence-corrected chi connectivity index (χ3v) is 10.3. The van der Waals surface area contributed by atoms with Crippen molar-refractivity contribution >= 4 is 22.6 Å². The van der Waals surface area contributed by atoms with Crippen LogP contribution in [-0.4, -0.2) is 6.17 Å². The quantitative estimate of drug-likeness (QED) is 0.191. The van der Waals surface area contributed by atoms with Gasteiger partial charge >= 0.3 is 0 Å². The molecule has 0 N–H and O–H groups in total. The van der Waals surface area contributed by atoms with E-state index in [-0.39, 0.29) is 23.5 Å². The molecule has 0 bridgehead atoms. The summed E-state index contributed by atoms with van der Waals surface area (Å²) in [5.74, 6) is -0.736. The molecule has 0 fully saturated rings. The van der Waals surface area contributed by atoms with E-state index in [1.807, 2.05) is 12.1 Å². The highest BCUT2D eigenvalue weighted by molar-refractivity contribution is 5.98. The van der Waals surface area contributed by atoms with Gasteiger partial charge in [0, 0.05) is 17.5 Å². The minimum absolute atomic E-state index is 0.158. The maximum Gasteiger partial charge on any atom is 0.123 e. The normalized spacial score (nSPS) is 21.5. The number of allylic oxidation sites excluding steroid dienone is 4. The van der Waals surface area contributed by atoms with Gasteiger partial charge in [0.1, 0.15) is 17.8 Å². The Labute approximate surface area is 254 Å². The Morgan fingerprint density at radius 1 is 0.636 bits per heavy atom. The molecule has 0 radical (unpaired) electrons. The Morgan fingerprint density at radius 3 is 1.84 bits per heavy atom. The number of hydrogen-bond donors (Lipinski definition) is 0. The zero-order valence-corrected chi connectivity index (χ0v) is 24.3. The van der Waals surface area contributed by atoms with Crippen molar-refractivity contribution < 1.29 is 13.2 Å². The number of halogens is 3. The molecular formula is C40H28F3N. The van der Waals surface area contributed by atoms with E-state index in [4.69, 9.17) is 0 Å². The van der Waals surface area contributed by atoms with Crippen molar-refractivity contribution in [3.05, 3.63) is 166 Å². The van der Waals surface area contributed by atoms with Crippen LogP contribution in [0.1, 0.15) is 53.6 Å². The van der Waals surface area contributed by atoms with Gasteiger partial charge in [0.05, 0.1) is 16.8 Å². The average molecular weight is 580 g/mol. The Bertz CT molecular complexity index is 2090. The van der Waals surface area contributed by atoms with Crippen molar-refractivity contribution in [1.82, 2.24) is 0 Å². The second-order valence-corrected chi connectivity index (χ2v) is 12.8. The minimum Gasteiger partial charge on any atom is -0.310 e. The Hall–Kier alpha value is -4.83. The van der Waals surface area contributed by atoms with E-state index < -0.39 is 11.6 Å². The van der Waals surface area contributed by atoms with Gasteiger partial charge in [-0.05, 0) is 110 Å². The van der Waals surface area contributed by atoms with Crippen LogP contribution in [0.2, 0.25) is 0 Å². The summed E-state index contributed by atoms with van der Waals surface area (Å²) < 4.78 is 45.6. The fraction of sp³-hybridized carbons (Fsp3) is 0.150. The van der Waals surface area contributed by atoms with Crippen molar-refractivity contribution in [2.75, 3.05) is 4.90 Å². The molecule has 3 aliphatic carbocycles. The summed E-state index contributed by atoms with van der Waals surface area (Å²) in [5, 5.41) is 0. The fourth-order valence-electron chi connectivity index (χ4n) is 8.49. The topological polar surface area (TPSA) is 3.24 Å². The lowest BCUT2D eigenvalue weighted by molar-refractivity contribution is 0.387. The number of hydrogen-bond acceptors (Lipinski definition) is 1. The van der Waals surface area contributed by atoms with Crippen molar-refractivity contribution in [2.24, 2.45) is 0 Å². The maximum absolute atomic E-state index is 15.3. The van der Waals surface area contributed by atoms with Crippen molar-refractivity contribution in [3.63, 3.8) is 0 Å². The molecule has 1 nitrogen and oxygen atoms in total. The van der Waals surface area contributed by atoms with Gasteiger partial charge in [-0.15, -0.1) is 0 Å². The summed E-state index contributed by atoms with van der Waals surface area (Å²) in [5.41, 5.74) is 11.2. The molecule has 0 amide bonds. The van der Waals surface area contributed by atoms with Crippen molar-refractivity contribution in [2.45, 2.75) is 37.3 Å². The van der Waals surface area contributed by atoms with Gasteiger partial charge in [-0.2, -0.15) is 0 Å². The molecule has 4 aliphatic rings. The summed E-state index contributed by atoms with van der Waals surface area (Å²) in [6.45, 7) is 4.51. The summed E-state index contributed by atoms with van der Waals surface area (Å²) in [4.78, 5) is 2.29. The first-order chi connectivity index (χ1) is 21.3. The molecule has 0 saturated carbocycles. The molecular weight excluding hydrogens is 551 g/mol. The second-order valence-electron chi connectivity index (χ2n) is 12.8. The van der Waals surface area contributed by atoms with Crippen LogP contribution in [0.4, 0.5) is 30.2 Å². The summed E-state index contributed by atoms with van der Waals surface area (Å²) in [7, 11) is 0. The zero-order chi connectivity index (χ0) is 30.0. The molecule has 9 rings (SSSR count). The number of fused-ring (bicyclic) bond motifs is 11. The van der Waals surface area contributed by atoms with E-state index in [9.17, 15) is 0 Å². The highest BCUT2D eigenvalue weighted by Gasteiger charge is 2.54. The van der Waals surface area contributed by atoms with Crippen LogP contribution in [-0.2, 0) is 10.8 Å². The van der Waals surface area contributed by atoms with Gasteiger partial charge in [-0.3, -0.25) is 0 Å². The molecule has 4 heteroatoms. The second kappa shape index (κ2) is 8.63. The Morgan fingerprint density at radius 2 is 1.18 bits per heavy atom. The molecule has 214 valence electrons. The lowest BCUT2D eigenvalue weighted by Gasteiger charge is -2.42. The molecule has 44 heavy (non-hydrogen) atoms. The lowest BCUT2D eigenvalue weighted by Crippen LogP contribution is -2.31. The Balaban J connectivity index is 1.37. The number of nitrogens with zero attached hydrogens (tertiary/aromatic N) is 1. The number of rotatable bonds is 1. The first-order valence-corrected chi connectivity index (χ1v) is 15.1. The molecule has 2 atom stereocenters. The predicted molar refractivity (Wildman–Crippen MR) is 171 cm³/mol. The number of para-hydroxylation sites is 2. The van der Waals surface area contributed by atoms with Crippen LogP contribution < -0.4 is 4.90 Å². The molecule has 5 aromatic rings. The van der Waals surface area contributed by atoms with Crippen molar-refractivity contribution in [3.8, 4) is 11.1 Å². The Kier molecular flexibility index (Phi) is 5.03. The molecule has 0 saturated heterocycles. The van der Waals surface area contributed by atoms with Crippen LogP contribution >= 0.6 is 0 Å². The molecule has 2 unspecified atom stereocenters. The van der Waals surface area contributed by atoms with E-state index in [1.165, 1.54) is 23.3 Å². The fourth-order valence-corrected chi connectivity index (χ4v) is 8.49. The number of anilines is 3. The van der Waals surface area contributed by atoms with Gasteiger partial charge in [0.25, 0.3) is 0 Å². The van der Waals surface area contributed by atoms with Crippen LogP contribution in [0.15, 0.2) is 121 Å². The van der Waals surface area contributed by atoms with Crippen LogP contribution in [0.25, 0.3) is 16.7 Å². The maximum atomic E-state index is 15.3. The van der Waals surface area contributed by atoms with Gasteiger partial charge < -0.3 is 4.90 Å². The monoisotopic (exact) mass is 579 g/mol. The van der Waals surface area contributed by atoms with Crippen LogP contribution in [0, 0.1) is 11.6 Å². The third-order valence-electron chi connectivity index (χ3n) is 10.3. The molecule has 1 aliphatic heterocycles. The molecule has 1 heterocycles. The SMILES string of the molecule is CC1(C)c2ccccc2N(c2ccc3c(c2)C2(C4=C(C=CC(F)C4)c4ccc(F)cc42)c2cc(F)ccc2-3)c2ccccc21. The van der Waals surface area contributed by atoms with Crippen LogP contribution in [0.5, 0.6) is 0 Å². The van der Waals surface area contributed by atoms with Gasteiger partial charge in [-0.1, -0.05) is 74.5 Å². The predicted octanol–water partition coefficient (Wildman–Crippen LogP) is 10.5. The standard InChI is InChI=1S/C40H28F3N/c1-39(2)31-7-3-5-9-37(31)44(38-10-6-4-8-32(38)39)26-14-18-30-29-17-13-25(43)21-35(29)40(36(30)22-26)33-19-23(41)11-15-27(33)28-16-12-24(42)20-34(28)40/h3-19,21-22,24H,20H2,1-2H3. The minimum atomic E-state index is -1.18. The summed E-state index contributed by atoms with van der Waals surface area (Å²) in [6.07, 6.45) is 2.38. The highest BCUT2D eigenvalue weighted by atomic mass is 19.1. The van der Waals surface area contributed by atoms with E-state index in [1.54, 1.807) is 24.3 Å². The average Bonchev–Trinajstić information content (AvgIpc) is 3.46. The van der Waals surface area contributed by atoms with Crippen molar-refractivity contribution in [1.29, 1.82) is 0 Å². The van der Waals surface area contributed by atoms with Crippen LogP contribution in [0.3, 0.4) is 0 Å². The largest absolute Gasteiger partial charge is 0.310 e. The highest BCUT2D eigenvalue weighted by Crippen LogP contribution is 2.64. The van der Waals surface area contributed by atoms with Gasteiger partial charge in [0.15, 0.2) is 0 Å². The van der Waals surface area contributed by atoms with Gasteiger partial charge in [-0.25, -0.2) is 13.2 Å². The number of alkyl halides is 1. The number of benzene rings is 5. The third kappa shape index (κ3) is 3.10. The molecule has 1 spiro atoms. The summed E-state index contributed by atoms with van der Waals surface area (Å²) in [6, 6.07) is 33.0. The molecule has 5 aromatic carbocycles. The lowest BCUT2D eigenvalue weighted by atomic mass is 9.68.